The maximum absolute atomic E-state index is 12.8. The normalized spacial score (nSPS) is 10.6. The fourth-order valence-electron chi connectivity index (χ4n) is 1.14. The van der Waals surface area contributed by atoms with Crippen LogP contribution in [0.1, 0.15) is 22.8 Å². The zero-order valence-corrected chi connectivity index (χ0v) is 8.63. The molecule has 16 heavy (non-hydrogen) atoms. The Bertz CT molecular complexity index is 415. The minimum Gasteiger partial charge on any atom is -0.339 e. The Morgan fingerprint density at radius 2 is 2.00 bits per heavy atom. The van der Waals surface area contributed by atoms with E-state index in [1.807, 2.05) is 0 Å². The van der Waals surface area contributed by atoms with Crippen LogP contribution in [0.25, 0.3) is 0 Å². The Kier molecular flexibility index (Phi) is 3.56. The molecule has 0 saturated heterocycles. The fraction of sp³-hybridized carbons (Fsp3) is 0.273. The number of benzene rings is 1. The van der Waals surface area contributed by atoms with Gasteiger partial charge in [-0.3, -0.25) is 4.79 Å². The number of rotatable bonds is 3. The van der Waals surface area contributed by atoms with Crippen molar-refractivity contribution in [2.24, 2.45) is 0 Å². The highest BCUT2D eigenvalue weighted by Crippen LogP contribution is 2.26. The van der Waals surface area contributed by atoms with Crippen LogP contribution in [0.15, 0.2) is 24.3 Å². The van der Waals surface area contributed by atoms with Gasteiger partial charge in [0.15, 0.2) is 0 Å². The maximum Gasteiger partial charge on any atom is 0.270 e. The number of amides is 1. The molecule has 3 nitrogen and oxygen atoms in total. The van der Waals surface area contributed by atoms with Crippen molar-refractivity contribution in [1.82, 2.24) is 5.32 Å². The van der Waals surface area contributed by atoms with Crippen LogP contribution in [0.5, 0.6) is 0 Å². The minimum atomic E-state index is -2.92. The lowest BCUT2D eigenvalue weighted by Gasteiger charge is -2.10. The van der Waals surface area contributed by atoms with Gasteiger partial charge in [0.2, 0.25) is 0 Å². The zero-order chi connectivity index (χ0) is 12.2. The van der Waals surface area contributed by atoms with Crippen molar-refractivity contribution >= 4 is 5.91 Å². The molecule has 84 valence electrons. The van der Waals surface area contributed by atoms with Crippen LogP contribution in [0.2, 0.25) is 0 Å². The van der Waals surface area contributed by atoms with Crippen molar-refractivity contribution in [3.8, 4) is 6.07 Å². The molecule has 0 fully saturated rings. The average molecular weight is 224 g/mol. The Morgan fingerprint density at radius 3 is 2.44 bits per heavy atom. The quantitative estimate of drug-likeness (QED) is 0.799. The molecule has 0 radical (unpaired) electrons. The summed E-state index contributed by atoms with van der Waals surface area (Å²) in [6, 6.07) is 6.75. The molecule has 0 spiro atoms. The molecule has 0 unspecified atom stereocenters. The maximum atomic E-state index is 12.8. The molecule has 1 rings (SSSR count). The van der Waals surface area contributed by atoms with Gasteiger partial charge in [0.25, 0.3) is 11.8 Å². The molecule has 0 aliphatic heterocycles. The highest BCUT2D eigenvalue weighted by Gasteiger charge is 2.23. The van der Waals surface area contributed by atoms with Crippen molar-refractivity contribution in [3.63, 3.8) is 0 Å². The molecule has 0 aliphatic rings. The highest BCUT2D eigenvalue weighted by molar-refractivity contribution is 5.94. The molecule has 0 bridgehead atoms. The van der Waals surface area contributed by atoms with Crippen LogP contribution in [-0.2, 0) is 5.92 Å². The van der Waals surface area contributed by atoms with Gasteiger partial charge in [0.1, 0.15) is 6.54 Å². The number of nitriles is 1. The first-order chi connectivity index (χ1) is 7.45. The van der Waals surface area contributed by atoms with Gasteiger partial charge in [0, 0.05) is 18.1 Å². The molecule has 1 N–H and O–H groups in total. The predicted molar refractivity (Wildman–Crippen MR) is 54.0 cm³/mol. The monoisotopic (exact) mass is 224 g/mol. The second-order valence-electron chi connectivity index (χ2n) is 3.31. The summed E-state index contributed by atoms with van der Waals surface area (Å²) in [5, 5.41) is 10.6. The number of hydrogen-bond donors (Lipinski definition) is 1. The molecule has 1 aromatic rings. The largest absolute Gasteiger partial charge is 0.339 e. The first kappa shape index (κ1) is 12.1. The topological polar surface area (TPSA) is 52.9 Å². The van der Waals surface area contributed by atoms with Crippen LogP contribution in [0.4, 0.5) is 8.78 Å². The van der Waals surface area contributed by atoms with Crippen LogP contribution >= 0.6 is 0 Å². The van der Waals surface area contributed by atoms with Gasteiger partial charge in [-0.15, -0.1) is 0 Å². The minimum absolute atomic E-state index is 0.107. The van der Waals surface area contributed by atoms with Gasteiger partial charge in [0.05, 0.1) is 6.07 Å². The van der Waals surface area contributed by atoms with Crippen LogP contribution in [0, 0.1) is 11.3 Å². The first-order valence-electron chi connectivity index (χ1n) is 4.58. The Balaban J connectivity index is 2.80. The summed E-state index contributed by atoms with van der Waals surface area (Å²) < 4.78 is 25.7. The predicted octanol–water partition coefficient (Wildman–Crippen LogP) is 2.05. The van der Waals surface area contributed by atoms with E-state index in [4.69, 9.17) is 5.26 Å². The number of nitrogens with zero attached hydrogens (tertiary/aromatic N) is 1. The molecule has 0 aromatic heterocycles. The van der Waals surface area contributed by atoms with E-state index in [9.17, 15) is 13.6 Å². The summed E-state index contributed by atoms with van der Waals surface area (Å²) in [5.41, 5.74) is 0.104. The number of halogens is 2. The Morgan fingerprint density at radius 1 is 1.44 bits per heavy atom. The second kappa shape index (κ2) is 4.71. The van der Waals surface area contributed by atoms with E-state index in [2.05, 4.69) is 5.32 Å². The fourth-order valence-corrected chi connectivity index (χ4v) is 1.14. The van der Waals surface area contributed by atoms with E-state index in [0.717, 1.165) is 6.92 Å². The third-order valence-electron chi connectivity index (χ3n) is 1.98. The van der Waals surface area contributed by atoms with E-state index >= 15 is 0 Å². The van der Waals surface area contributed by atoms with E-state index in [-0.39, 0.29) is 17.7 Å². The van der Waals surface area contributed by atoms with Crippen LogP contribution < -0.4 is 5.32 Å². The van der Waals surface area contributed by atoms with Crippen molar-refractivity contribution in [3.05, 3.63) is 35.4 Å². The summed E-state index contributed by atoms with van der Waals surface area (Å²) in [6.45, 7) is 0.683. The van der Waals surface area contributed by atoms with Crippen LogP contribution in [-0.4, -0.2) is 12.5 Å². The third-order valence-corrected chi connectivity index (χ3v) is 1.98. The number of carbonyl (C=O) groups excluding carboxylic acids is 1. The molecular weight excluding hydrogens is 214 g/mol. The van der Waals surface area contributed by atoms with E-state index in [1.54, 1.807) is 6.07 Å². The number of alkyl halides is 2. The van der Waals surface area contributed by atoms with Crippen molar-refractivity contribution in [1.29, 1.82) is 5.26 Å². The first-order valence-corrected chi connectivity index (χ1v) is 4.58. The highest BCUT2D eigenvalue weighted by atomic mass is 19.3. The van der Waals surface area contributed by atoms with Gasteiger partial charge < -0.3 is 5.32 Å². The summed E-state index contributed by atoms with van der Waals surface area (Å²) in [5.74, 6) is -3.37. The average Bonchev–Trinajstić information content (AvgIpc) is 2.25. The van der Waals surface area contributed by atoms with Gasteiger partial charge in [-0.1, -0.05) is 12.1 Å². The third kappa shape index (κ3) is 3.02. The Labute approximate surface area is 91.7 Å². The lowest BCUT2D eigenvalue weighted by atomic mass is 10.1. The molecule has 0 saturated carbocycles. The number of nitrogens with one attached hydrogen (secondary N) is 1. The summed E-state index contributed by atoms with van der Waals surface area (Å²) in [6.07, 6.45) is 0. The van der Waals surface area contributed by atoms with Crippen LogP contribution in [0.3, 0.4) is 0 Å². The molecule has 5 heteroatoms. The van der Waals surface area contributed by atoms with Gasteiger partial charge in [-0.25, -0.2) is 8.78 Å². The smallest absolute Gasteiger partial charge is 0.270 e. The van der Waals surface area contributed by atoms with E-state index < -0.39 is 11.8 Å². The van der Waals surface area contributed by atoms with Gasteiger partial charge >= 0.3 is 0 Å². The molecule has 1 amide bonds. The molecule has 0 aliphatic carbocycles. The standard InChI is InChI=1S/C11H10F2N2O/c1-11(12,13)9-4-2-8(3-5-9)10(16)15-7-6-14/h2-5H,7H2,1H3,(H,15,16). The zero-order valence-electron chi connectivity index (χ0n) is 8.63. The Hall–Kier alpha value is -1.96. The number of hydrogen-bond acceptors (Lipinski definition) is 2. The lowest BCUT2D eigenvalue weighted by Crippen LogP contribution is -2.23. The molecule has 0 atom stereocenters. The summed E-state index contributed by atoms with van der Waals surface area (Å²) >= 11 is 0. The van der Waals surface area contributed by atoms with Crippen molar-refractivity contribution < 1.29 is 13.6 Å². The molecular formula is C11H10F2N2O. The number of carbonyl (C=O) groups is 1. The second-order valence-corrected chi connectivity index (χ2v) is 3.31. The van der Waals surface area contributed by atoms with Gasteiger partial charge in [-0.05, 0) is 12.1 Å². The molecule has 0 heterocycles. The van der Waals surface area contributed by atoms with Gasteiger partial charge in [-0.2, -0.15) is 5.26 Å². The van der Waals surface area contributed by atoms with E-state index in [1.165, 1.54) is 24.3 Å². The summed E-state index contributed by atoms with van der Waals surface area (Å²) in [4.78, 5) is 11.3. The van der Waals surface area contributed by atoms with Crippen molar-refractivity contribution in [2.45, 2.75) is 12.8 Å². The SMILES string of the molecule is CC(F)(F)c1ccc(C(=O)NCC#N)cc1. The molecule has 1 aromatic carbocycles. The summed E-state index contributed by atoms with van der Waals surface area (Å²) in [7, 11) is 0. The lowest BCUT2D eigenvalue weighted by molar-refractivity contribution is 0.0174. The van der Waals surface area contributed by atoms with E-state index in [0.29, 0.717) is 0 Å². The van der Waals surface area contributed by atoms with Crippen molar-refractivity contribution in [2.75, 3.05) is 6.54 Å².